The molecule has 0 unspecified atom stereocenters. The maximum absolute atomic E-state index is 12.7. The monoisotopic (exact) mass is 330 g/mol. The molecule has 0 fully saturated rings. The van der Waals surface area contributed by atoms with Crippen molar-refractivity contribution in [1.29, 1.82) is 0 Å². The Labute approximate surface area is 135 Å². The lowest BCUT2D eigenvalue weighted by Gasteiger charge is -2.03. The van der Waals surface area contributed by atoms with Crippen LogP contribution in [0.3, 0.4) is 0 Å². The van der Waals surface area contributed by atoms with E-state index < -0.39 is 22.6 Å². The number of nitrogens with zero attached hydrogens (tertiary/aromatic N) is 2. The average molecular weight is 330 g/mol. The van der Waals surface area contributed by atoms with Gasteiger partial charge in [0.25, 0.3) is 5.69 Å². The Kier molecular flexibility index (Phi) is 5.29. The van der Waals surface area contributed by atoms with Crippen molar-refractivity contribution in [2.45, 2.75) is 0 Å². The molecule has 0 spiro atoms. The van der Waals surface area contributed by atoms with E-state index in [1.54, 1.807) is 0 Å². The van der Waals surface area contributed by atoms with E-state index >= 15 is 0 Å². The van der Waals surface area contributed by atoms with Crippen LogP contribution in [0.5, 0.6) is 0 Å². The maximum Gasteiger partial charge on any atom is 0.329 e. The van der Waals surface area contributed by atoms with Crippen LogP contribution in [-0.4, -0.2) is 23.0 Å². The van der Waals surface area contributed by atoms with Crippen LogP contribution in [0.4, 0.5) is 15.8 Å². The van der Waals surface area contributed by atoms with Gasteiger partial charge >= 0.3 is 11.8 Å². The molecule has 0 heterocycles. The quantitative estimate of drug-likeness (QED) is 0.385. The molecule has 0 saturated carbocycles. The van der Waals surface area contributed by atoms with Gasteiger partial charge in [-0.15, -0.1) is 0 Å². The minimum atomic E-state index is -1.02. The summed E-state index contributed by atoms with van der Waals surface area (Å²) in [6, 6.07) is 10.3. The van der Waals surface area contributed by atoms with Crippen molar-refractivity contribution in [3.63, 3.8) is 0 Å². The highest BCUT2D eigenvalue weighted by atomic mass is 19.1. The zero-order chi connectivity index (χ0) is 17.5. The zero-order valence-electron chi connectivity index (χ0n) is 12.1. The fourth-order valence-corrected chi connectivity index (χ4v) is 1.62. The second kappa shape index (κ2) is 7.58. The van der Waals surface area contributed by atoms with E-state index in [0.717, 1.165) is 12.1 Å². The van der Waals surface area contributed by atoms with Crippen molar-refractivity contribution < 1.29 is 18.9 Å². The number of benzene rings is 2. The number of anilines is 1. The predicted octanol–water partition coefficient (Wildman–Crippen LogP) is 1.82. The summed E-state index contributed by atoms with van der Waals surface area (Å²) in [6.45, 7) is 0. The molecule has 2 N–H and O–H groups in total. The first kappa shape index (κ1) is 16.7. The number of hydrogen-bond acceptors (Lipinski definition) is 5. The van der Waals surface area contributed by atoms with Crippen molar-refractivity contribution >= 4 is 29.4 Å². The van der Waals surface area contributed by atoms with Gasteiger partial charge in [-0.3, -0.25) is 19.7 Å². The Balaban J connectivity index is 1.88. The highest BCUT2D eigenvalue weighted by molar-refractivity contribution is 6.39. The second-order valence-corrected chi connectivity index (χ2v) is 4.51. The number of carbonyl (C=O) groups excluding carboxylic acids is 2. The zero-order valence-corrected chi connectivity index (χ0v) is 12.1. The summed E-state index contributed by atoms with van der Waals surface area (Å²) in [4.78, 5) is 33.1. The van der Waals surface area contributed by atoms with Crippen molar-refractivity contribution in [2.75, 3.05) is 5.32 Å². The lowest BCUT2D eigenvalue weighted by atomic mass is 10.2. The normalized spacial score (nSPS) is 10.4. The molecule has 2 rings (SSSR count). The number of hydrogen-bond donors (Lipinski definition) is 2. The van der Waals surface area contributed by atoms with Gasteiger partial charge in [-0.05, 0) is 42.0 Å². The SMILES string of the molecule is O=C(N/N=C\c1ccc([N+](=O)[O-])cc1)C(=O)Nc1ccc(F)cc1. The molecule has 0 aromatic heterocycles. The number of carbonyl (C=O) groups is 2. The minimum absolute atomic E-state index is 0.0742. The van der Waals surface area contributed by atoms with Gasteiger partial charge in [-0.25, -0.2) is 9.82 Å². The smallest absolute Gasteiger partial charge is 0.318 e. The molecule has 0 radical (unpaired) electrons. The number of nitro benzene ring substituents is 1. The van der Waals surface area contributed by atoms with Crippen molar-refractivity contribution in [3.05, 3.63) is 70.0 Å². The highest BCUT2D eigenvalue weighted by Crippen LogP contribution is 2.10. The fourth-order valence-electron chi connectivity index (χ4n) is 1.62. The Morgan fingerprint density at radius 1 is 1.04 bits per heavy atom. The molecule has 122 valence electrons. The Bertz CT molecular complexity index is 788. The molecule has 24 heavy (non-hydrogen) atoms. The van der Waals surface area contributed by atoms with E-state index in [1.807, 2.05) is 5.43 Å². The number of amides is 2. The van der Waals surface area contributed by atoms with Gasteiger partial charge in [0.15, 0.2) is 0 Å². The van der Waals surface area contributed by atoms with E-state index in [9.17, 15) is 24.1 Å². The van der Waals surface area contributed by atoms with Gasteiger partial charge in [-0.2, -0.15) is 5.10 Å². The summed E-state index contributed by atoms with van der Waals surface area (Å²) < 4.78 is 12.7. The summed E-state index contributed by atoms with van der Waals surface area (Å²) in [7, 11) is 0. The molecule has 9 heteroatoms. The topological polar surface area (TPSA) is 114 Å². The van der Waals surface area contributed by atoms with Crippen LogP contribution in [0, 0.1) is 15.9 Å². The summed E-state index contributed by atoms with van der Waals surface area (Å²) >= 11 is 0. The van der Waals surface area contributed by atoms with Gasteiger partial charge in [-0.1, -0.05) is 0 Å². The summed E-state index contributed by atoms with van der Waals surface area (Å²) in [5.41, 5.74) is 2.70. The maximum atomic E-state index is 12.7. The van der Waals surface area contributed by atoms with E-state index in [0.29, 0.717) is 5.56 Å². The standard InChI is InChI=1S/C15H11FN4O4/c16-11-3-5-12(6-4-11)18-14(21)15(22)19-17-9-10-1-7-13(8-2-10)20(23)24/h1-9H,(H,18,21)(H,19,22)/b17-9-. The van der Waals surface area contributed by atoms with E-state index in [4.69, 9.17) is 0 Å². The minimum Gasteiger partial charge on any atom is -0.318 e. The molecule has 0 aliphatic rings. The van der Waals surface area contributed by atoms with Crippen molar-refractivity contribution in [2.24, 2.45) is 5.10 Å². The fraction of sp³-hybridized carbons (Fsp3) is 0. The lowest BCUT2D eigenvalue weighted by molar-refractivity contribution is -0.384. The number of non-ortho nitro benzene ring substituents is 1. The van der Waals surface area contributed by atoms with Gasteiger partial charge in [0.1, 0.15) is 5.82 Å². The lowest BCUT2D eigenvalue weighted by Crippen LogP contribution is -2.32. The first-order chi connectivity index (χ1) is 11.5. The Morgan fingerprint density at radius 3 is 2.25 bits per heavy atom. The molecule has 8 nitrogen and oxygen atoms in total. The molecule has 0 aliphatic heterocycles. The third-order valence-electron chi connectivity index (χ3n) is 2.79. The number of rotatable bonds is 4. The third-order valence-corrected chi connectivity index (χ3v) is 2.79. The van der Waals surface area contributed by atoms with Crippen LogP contribution >= 0.6 is 0 Å². The number of hydrazone groups is 1. The second-order valence-electron chi connectivity index (χ2n) is 4.51. The molecular formula is C15H11FN4O4. The molecule has 2 aromatic rings. The number of nitrogens with one attached hydrogen (secondary N) is 2. The Hall–Kier alpha value is -3.62. The van der Waals surface area contributed by atoms with Crippen LogP contribution < -0.4 is 10.7 Å². The highest BCUT2D eigenvalue weighted by Gasteiger charge is 2.12. The summed E-state index contributed by atoms with van der Waals surface area (Å²) in [5.74, 6) is -2.45. The first-order valence-corrected chi connectivity index (χ1v) is 6.60. The van der Waals surface area contributed by atoms with E-state index in [-0.39, 0.29) is 11.4 Å². The van der Waals surface area contributed by atoms with Crippen LogP contribution in [0.2, 0.25) is 0 Å². The van der Waals surface area contributed by atoms with Crippen LogP contribution in [0.25, 0.3) is 0 Å². The largest absolute Gasteiger partial charge is 0.329 e. The molecule has 0 atom stereocenters. The molecule has 0 aliphatic carbocycles. The van der Waals surface area contributed by atoms with E-state index in [2.05, 4.69) is 10.4 Å². The first-order valence-electron chi connectivity index (χ1n) is 6.60. The van der Waals surface area contributed by atoms with Crippen LogP contribution in [0.1, 0.15) is 5.56 Å². The van der Waals surface area contributed by atoms with Gasteiger partial charge < -0.3 is 5.32 Å². The number of halogens is 1. The third kappa shape index (κ3) is 4.70. The average Bonchev–Trinajstić information content (AvgIpc) is 2.57. The van der Waals surface area contributed by atoms with Gasteiger partial charge in [0.2, 0.25) is 0 Å². The predicted molar refractivity (Wildman–Crippen MR) is 83.9 cm³/mol. The molecular weight excluding hydrogens is 319 g/mol. The summed E-state index contributed by atoms with van der Waals surface area (Å²) in [5, 5.41) is 16.4. The van der Waals surface area contributed by atoms with Crippen molar-refractivity contribution in [1.82, 2.24) is 5.43 Å². The van der Waals surface area contributed by atoms with E-state index in [1.165, 1.54) is 42.6 Å². The molecule has 2 aromatic carbocycles. The molecule has 0 bridgehead atoms. The summed E-state index contributed by atoms with van der Waals surface area (Å²) in [6.07, 6.45) is 1.23. The van der Waals surface area contributed by atoms with Gasteiger partial charge in [0, 0.05) is 17.8 Å². The van der Waals surface area contributed by atoms with Gasteiger partial charge in [0.05, 0.1) is 11.1 Å². The van der Waals surface area contributed by atoms with Crippen molar-refractivity contribution in [3.8, 4) is 0 Å². The van der Waals surface area contributed by atoms with Crippen LogP contribution in [-0.2, 0) is 9.59 Å². The Morgan fingerprint density at radius 2 is 1.67 bits per heavy atom. The molecule has 0 saturated heterocycles. The number of nitro groups is 1. The van der Waals surface area contributed by atoms with Crippen LogP contribution in [0.15, 0.2) is 53.6 Å². The molecule has 2 amide bonds.